The van der Waals surface area contributed by atoms with Crippen LogP contribution < -0.4 is 16.0 Å². The van der Waals surface area contributed by atoms with Crippen molar-refractivity contribution in [1.29, 1.82) is 0 Å². The van der Waals surface area contributed by atoms with E-state index in [4.69, 9.17) is 14.2 Å². The van der Waals surface area contributed by atoms with Crippen molar-refractivity contribution in [3.05, 3.63) is 0 Å². The Morgan fingerprint density at radius 2 is 1.48 bits per heavy atom. The van der Waals surface area contributed by atoms with Crippen molar-refractivity contribution in [2.24, 2.45) is 0 Å². The second-order valence-electron chi connectivity index (χ2n) is 5.95. The number of ether oxygens (including phenoxy) is 3. The van der Waals surface area contributed by atoms with Gasteiger partial charge >= 0.3 is 0 Å². The molecule has 0 aliphatic carbocycles. The van der Waals surface area contributed by atoms with Crippen LogP contribution in [-0.2, 0) is 28.6 Å². The maximum atomic E-state index is 11.6. The maximum absolute atomic E-state index is 11.6. The van der Waals surface area contributed by atoms with Gasteiger partial charge in [0.2, 0.25) is 11.8 Å². The molecular weight excluding hydrogens is 354 g/mol. The SMILES string of the molecule is CCOCC(=O)NCCOCCOCC(=O)NCCCC[C@H](NC)C(C)=O. The number of nitrogens with one attached hydrogen (secondary N) is 3. The number of carbonyl (C=O) groups excluding carboxylic acids is 3. The second kappa shape index (κ2) is 17.8. The molecule has 0 fully saturated rings. The zero-order valence-corrected chi connectivity index (χ0v) is 16.8. The summed E-state index contributed by atoms with van der Waals surface area (Å²) in [6.07, 6.45) is 2.44. The molecule has 1 atom stereocenters. The molecule has 0 unspecified atom stereocenters. The lowest BCUT2D eigenvalue weighted by Gasteiger charge is -2.12. The standard InChI is InChI=1S/C18H35N3O6/c1-4-25-13-17(23)21-9-10-26-11-12-27-14-18(24)20-8-6-5-7-16(19-3)15(2)22/h16,19H,4-14H2,1-3H3,(H,20,24)(H,21,23)/t16-/m0/s1. The molecule has 9 nitrogen and oxygen atoms in total. The third-order valence-corrected chi connectivity index (χ3v) is 3.69. The van der Waals surface area contributed by atoms with Crippen molar-refractivity contribution in [2.45, 2.75) is 39.2 Å². The summed E-state index contributed by atoms with van der Waals surface area (Å²) in [6, 6.07) is -0.109. The molecule has 27 heavy (non-hydrogen) atoms. The fraction of sp³-hybridized carbons (Fsp3) is 0.833. The highest BCUT2D eigenvalue weighted by Gasteiger charge is 2.10. The van der Waals surface area contributed by atoms with Gasteiger partial charge in [-0.2, -0.15) is 0 Å². The number of unbranched alkanes of at least 4 members (excludes halogenated alkanes) is 1. The van der Waals surface area contributed by atoms with Crippen LogP contribution in [-0.4, -0.2) is 83.4 Å². The van der Waals surface area contributed by atoms with Crippen LogP contribution in [0.1, 0.15) is 33.1 Å². The Kier molecular flexibility index (Phi) is 16.8. The topological polar surface area (TPSA) is 115 Å². The summed E-state index contributed by atoms with van der Waals surface area (Å²) in [4.78, 5) is 34.1. The first kappa shape index (κ1) is 25.4. The molecule has 0 saturated heterocycles. The highest BCUT2D eigenvalue weighted by molar-refractivity contribution is 5.81. The summed E-state index contributed by atoms with van der Waals surface area (Å²) in [5, 5.41) is 8.41. The van der Waals surface area contributed by atoms with Crippen molar-refractivity contribution in [1.82, 2.24) is 16.0 Å². The van der Waals surface area contributed by atoms with E-state index in [1.807, 2.05) is 6.92 Å². The van der Waals surface area contributed by atoms with Crippen LogP contribution in [0.2, 0.25) is 0 Å². The first-order valence-electron chi connectivity index (χ1n) is 9.45. The summed E-state index contributed by atoms with van der Waals surface area (Å²) in [5.41, 5.74) is 0. The molecule has 0 aliphatic heterocycles. The molecule has 0 radical (unpaired) electrons. The quantitative estimate of drug-likeness (QED) is 0.274. The summed E-state index contributed by atoms with van der Waals surface area (Å²) in [5.74, 6) is -0.212. The first-order valence-corrected chi connectivity index (χ1v) is 9.45. The Balaban J connectivity index is 3.39. The average Bonchev–Trinajstić information content (AvgIpc) is 2.64. The Bertz CT molecular complexity index is 420. The van der Waals surface area contributed by atoms with E-state index in [1.54, 1.807) is 14.0 Å². The zero-order chi connectivity index (χ0) is 20.3. The Labute approximate surface area is 161 Å². The van der Waals surface area contributed by atoms with E-state index < -0.39 is 0 Å². The number of rotatable bonds is 18. The molecule has 0 aromatic rings. The van der Waals surface area contributed by atoms with Gasteiger partial charge in [0.1, 0.15) is 19.0 Å². The van der Waals surface area contributed by atoms with Crippen LogP contribution in [0, 0.1) is 0 Å². The van der Waals surface area contributed by atoms with Crippen LogP contribution in [0.25, 0.3) is 0 Å². The number of carbonyl (C=O) groups is 3. The molecule has 0 spiro atoms. The molecule has 0 aromatic heterocycles. The molecule has 2 amide bonds. The molecule has 0 aromatic carbocycles. The minimum absolute atomic E-state index is 0.0129. The van der Waals surface area contributed by atoms with Gasteiger partial charge in [-0.3, -0.25) is 14.4 Å². The predicted octanol–water partition coefficient (Wildman–Crippen LogP) is -0.364. The van der Waals surface area contributed by atoms with Gasteiger partial charge < -0.3 is 30.2 Å². The highest BCUT2D eigenvalue weighted by atomic mass is 16.5. The molecule has 3 N–H and O–H groups in total. The number of likely N-dealkylation sites (N-methyl/N-ethyl adjacent to an activating group) is 1. The Hall–Kier alpha value is -1.55. The van der Waals surface area contributed by atoms with E-state index in [-0.39, 0.29) is 36.9 Å². The van der Waals surface area contributed by atoms with Crippen LogP contribution >= 0.6 is 0 Å². The fourth-order valence-corrected chi connectivity index (χ4v) is 2.20. The van der Waals surface area contributed by atoms with Crippen molar-refractivity contribution in [3.63, 3.8) is 0 Å². The zero-order valence-electron chi connectivity index (χ0n) is 16.8. The van der Waals surface area contributed by atoms with Crippen molar-refractivity contribution < 1.29 is 28.6 Å². The van der Waals surface area contributed by atoms with Gasteiger partial charge in [-0.15, -0.1) is 0 Å². The van der Waals surface area contributed by atoms with Crippen molar-refractivity contribution >= 4 is 17.6 Å². The third-order valence-electron chi connectivity index (χ3n) is 3.69. The second-order valence-corrected chi connectivity index (χ2v) is 5.95. The lowest BCUT2D eigenvalue weighted by atomic mass is 10.1. The molecule has 0 heterocycles. The smallest absolute Gasteiger partial charge is 0.246 e. The van der Waals surface area contributed by atoms with Crippen molar-refractivity contribution in [2.75, 3.05) is 59.8 Å². The number of ketones is 1. The van der Waals surface area contributed by atoms with Crippen LogP contribution in [0.15, 0.2) is 0 Å². The van der Waals surface area contributed by atoms with Gasteiger partial charge in [-0.05, 0) is 40.2 Å². The Morgan fingerprint density at radius 1 is 0.852 bits per heavy atom. The van der Waals surface area contributed by atoms with Crippen LogP contribution in [0.3, 0.4) is 0 Å². The van der Waals surface area contributed by atoms with Crippen LogP contribution in [0.5, 0.6) is 0 Å². The largest absolute Gasteiger partial charge is 0.377 e. The number of Topliss-reactive ketones (excluding diaryl/α,β-unsaturated/α-hetero) is 1. The Morgan fingerprint density at radius 3 is 2.11 bits per heavy atom. The summed E-state index contributed by atoms with van der Waals surface area (Å²) < 4.78 is 15.5. The minimum Gasteiger partial charge on any atom is -0.377 e. The molecule has 0 saturated carbocycles. The number of hydrogen-bond acceptors (Lipinski definition) is 7. The minimum atomic E-state index is -0.171. The molecule has 158 valence electrons. The average molecular weight is 389 g/mol. The maximum Gasteiger partial charge on any atom is 0.246 e. The summed E-state index contributed by atoms with van der Waals surface area (Å²) >= 11 is 0. The van der Waals surface area contributed by atoms with Gasteiger partial charge in [-0.1, -0.05) is 0 Å². The molecular formula is C18H35N3O6. The molecule has 0 rings (SSSR count). The van der Waals surface area contributed by atoms with Gasteiger partial charge in [-0.25, -0.2) is 0 Å². The van der Waals surface area contributed by atoms with Crippen LogP contribution in [0.4, 0.5) is 0 Å². The van der Waals surface area contributed by atoms with E-state index in [9.17, 15) is 14.4 Å². The van der Waals surface area contributed by atoms with Gasteiger partial charge in [0, 0.05) is 19.7 Å². The number of amides is 2. The van der Waals surface area contributed by atoms with E-state index in [0.717, 1.165) is 19.3 Å². The molecule has 0 bridgehead atoms. The lowest BCUT2D eigenvalue weighted by molar-refractivity contribution is -0.127. The number of hydrogen-bond donors (Lipinski definition) is 3. The van der Waals surface area contributed by atoms with Gasteiger partial charge in [0.05, 0.1) is 25.9 Å². The predicted molar refractivity (Wildman–Crippen MR) is 102 cm³/mol. The lowest BCUT2D eigenvalue weighted by Crippen LogP contribution is -2.33. The fourth-order valence-electron chi connectivity index (χ4n) is 2.20. The monoisotopic (exact) mass is 389 g/mol. The van der Waals surface area contributed by atoms with E-state index in [2.05, 4.69) is 16.0 Å². The van der Waals surface area contributed by atoms with E-state index in [0.29, 0.717) is 39.5 Å². The van der Waals surface area contributed by atoms with E-state index in [1.165, 1.54) is 0 Å². The molecule has 0 aliphatic rings. The van der Waals surface area contributed by atoms with E-state index >= 15 is 0 Å². The summed E-state index contributed by atoms with van der Waals surface area (Å²) in [6.45, 7) is 5.96. The normalized spacial score (nSPS) is 11.8. The third kappa shape index (κ3) is 16.4. The summed E-state index contributed by atoms with van der Waals surface area (Å²) in [7, 11) is 1.77. The van der Waals surface area contributed by atoms with Gasteiger partial charge in [0.25, 0.3) is 0 Å². The van der Waals surface area contributed by atoms with Gasteiger partial charge in [0.15, 0.2) is 0 Å². The molecule has 9 heteroatoms. The highest BCUT2D eigenvalue weighted by Crippen LogP contribution is 2.01. The van der Waals surface area contributed by atoms with Crippen molar-refractivity contribution in [3.8, 4) is 0 Å². The first-order chi connectivity index (χ1) is 13.0.